The standard InChI is InChI=1S/C74H61N3S.C2H6/c1-8-21-49-24-10-12-26-54(49)71-48(4)23-19-33-66(71)77(51-37-36-47(3)60(42-51)53-25-11-9-22-46(53)2)68-45-63-72(57-29-14-13-27-55(57)68)58-40-38-52(44-62(58)74(63,5)6)76(50-39-41-70-61(43-50)56-28-16-18-35-69(56)78-70)67-34-20-32-65-73(67)59-30-15-17-31-64(59)75(65)7;1-2/h9-20,22-45H,8,21H2,1-7H3;1-2H3. The number of aryl methyl sites for hydroxylation is 5. The molecule has 0 bridgehead atoms. The summed E-state index contributed by atoms with van der Waals surface area (Å²) in [5.74, 6) is 0. The monoisotopic (exact) mass is 1050 g/mol. The number of hydrogen-bond acceptors (Lipinski definition) is 3. The van der Waals surface area contributed by atoms with Crippen molar-refractivity contribution in [1.29, 1.82) is 0 Å². The molecule has 11 aromatic carbocycles. The number of anilines is 6. The average molecular weight is 1050 g/mol. The van der Waals surface area contributed by atoms with Crippen molar-refractivity contribution < 1.29 is 0 Å². The fourth-order valence-electron chi connectivity index (χ4n) is 13.3. The predicted molar refractivity (Wildman–Crippen MR) is 348 cm³/mol. The number of nitrogens with zero attached hydrogens (tertiary/aromatic N) is 3. The second-order valence-corrected chi connectivity index (χ2v) is 23.2. The van der Waals surface area contributed by atoms with Crippen molar-refractivity contribution in [3.05, 3.63) is 252 Å². The van der Waals surface area contributed by atoms with Gasteiger partial charge in [0.1, 0.15) is 0 Å². The molecule has 14 rings (SSSR count). The van der Waals surface area contributed by atoms with Gasteiger partial charge in [-0.1, -0.05) is 181 Å². The summed E-state index contributed by atoms with van der Waals surface area (Å²) in [5.41, 5.74) is 24.5. The molecule has 0 fully saturated rings. The molecule has 3 nitrogen and oxygen atoms in total. The molecule has 80 heavy (non-hydrogen) atoms. The molecule has 1 aliphatic rings. The van der Waals surface area contributed by atoms with Gasteiger partial charge < -0.3 is 14.4 Å². The fourth-order valence-corrected chi connectivity index (χ4v) is 14.4. The molecule has 0 atom stereocenters. The van der Waals surface area contributed by atoms with Gasteiger partial charge in [-0.2, -0.15) is 0 Å². The number of rotatable bonds is 10. The molecule has 0 saturated carbocycles. The predicted octanol–water partition coefficient (Wildman–Crippen LogP) is 22.3. The Hall–Kier alpha value is -8.70. The lowest BCUT2D eigenvalue weighted by atomic mass is 9.81. The Bertz CT molecular complexity index is 4570. The minimum absolute atomic E-state index is 0.376. The third kappa shape index (κ3) is 8.06. The van der Waals surface area contributed by atoms with E-state index in [1.165, 1.54) is 131 Å². The Morgan fingerprint density at radius 1 is 0.412 bits per heavy atom. The minimum atomic E-state index is -0.376. The van der Waals surface area contributed by atoms with Gasteiger partial charge in [-0.25, -0.2) is 0 Å². The number of fused-ring (bicyclic) bond motifs is 11. The zero-order chi connectivity index (χ0) is 55.0. The number of benzene rings is 11. The van der Waals surface area contributed by atoms with Crippen LogP contribution in [0.2, 0.25) is 0 Å². The molecule has 13 aromatic rings. The number of aromatic nitrogens is 1. The molecule has 0 saturated heterocycles. The van der Waals surface area contributed by atoms with Crippen molar-refractivity contribution in [2.75, 3.05) is 9.80 Å². The van der Waals surface area contributed by atoms with Crippen LogP contribution in [0.25, 0.3) is 86.1 Å². The van der Waals surface area contributed by atoms with Crippen LogP contribution in [0.5, 0.6) is 0 Å². The van der Waals surface area contributed by atoms with E-state index in [-0.39, 0.29) is 5.41 Å². The number of para-hydroxylation sites is 1. The van der Waals surface area contributed by atoms with Crippen LogP contribution in [0.3, 0.4) is 0 Å². The van der Waals surface area contributed by atoms with Gasteiger partial charge in [0.15, 0.2) is 0 Å². The average Bonchev–Trinajstić information content (AvgIpc) is 4.30. The molecule has 0 unspecified atom stereocenters. The summed E-state index contributed by atoms with van der Waals surface area (Å²) in [6.07, 6.45) is 2.08. The molecule has 392 valence electrons. The zero-order valence-electron chi connectivity index (χ0n) is 47.4. The summed E-state index contributed by atoms with van der Waals surface area (Å²) in [4.78, 5) is 5.13. The van der Waals surface area contributed by atoms with Crippen LogP contribution < -0.4 is 9.80 Å². The second kappa shape index (κ2) is 20.2. The second-order valence-electron chi connectivity index (χ2n) is 22.1. The number of thiophene rings is 1. The summed E-state index contributed by atoms with van der Waals surface area (Å²) in [7, 11) is 2.20. The molecule has 0 amide bonds. The first kappa shape index (κ1) is 50.8. The molecule has 2 aromatic heterocycles. The van der Waals surface area contributed by atoms with Crippen LogP contribution in [0.4, 0.5) is 34.1 Å². The highest BCUT2D eigenvalue weighted by Gasteiger charge is 2.39. The molecule has 2 heterocycles. The third-order valence-electron chi connectivity index (χ3n) is 17.1. The van der Waals surface area contributed by atoms with Crippen LogP contribution in [0.1, 0.15) is 74.4 Å². The lowest BCUT2D eigenvalue weighted by molar-refractivity contribution is 0.661. The van der Waals surface area contributed by atoms with Gasteiger partial charge >= 0.3 is 0 Å². The highest BCUT2D eigenvalue weighted by molar-refractivity contribution is 7.25. The van der Waals surface area contributed by atoms with Crippen LogP contribution in [0, 0.1) is 20.8 Å². The molecule has 0 aliphatic heterocycles. The van der Waals surface area contributed by atoms with Crippen molar-refractivity contribution in [3.8, 4) is 33.4 Å². The fraction of sp³-hybridized carbons (Fsp3) is 0.158. The molecule has 0 spiro atoms. The van der Waals surface area contributed by atoms with E-state index in [1.54, 1.807) is 0 Å². The van der Waals surface area contributed by atoms with Crippen molar-refractivity contribution in [2.24, 2.45) is 7.05 Å². The van der Waals surface area contributed by atoms with E-state index in [4.69, 9.17) is 0 Å². The molecule has 1 aliphatic carbocycles. The highest BCUT2D eigenvalue weighted by Crippen LogP contribution is 2.57. The molecule has 4 heteroatoms. The summed E-state index contributed by atoms with van der Waals surface area (Å²) >= 11 is 1.87. The van der Waals surface area contributed by atoms with Gasteiger partial charge in [-0.3, -0.25) is 0 Å². The Morgan fingerprint density at radius 2 is 1.01 bits per heavy atom. The molecular formula is C76H67N3S. The van der Waals surface area contributed by atoms with Gasteiger partial charge in [0.05, 0.1) is 22.6 Å². The van der Waals surface area contributed by atoms with E-state index in [2.05, 4.69) is 281 Å². The Kier molecular flexibility index (Phi) is 12.8. The minimum Gasteiger partial charge on any atom is -0.344 e. The summed E-state index contributed by atoms with van der Waals surface area (Å²) in [6.45, 7) is 18.0. The van der Waals surface area contributed by atoms with E-state index >= 15 is 0 Å². The topological polar surface area (TPSA) is 11.4 Å². The van der Waals surface area contributed by atoms with E-state index < -0.39 is 0 Å². The van der Waals surface area contributed by atoms with E-state index in [0.29, 0.717) is 0 Å². The maximum Gasteiger partial charge on any atom is 0.0561 e. The van der Waals surface area contributed by atoms with Crippen LogP contribution >= 0.6 is 11.3 Å². The van der Waals surface area contributed by atoms with Gasteiger partial charge in [-0.05, 0) is 173 Å². The van der Waals surface area contributed by atoms with Crippen molar-refractivity contribution in [2.45, 2.75) is 73.6 Å². The van der Waals surface area contributed by atoms with E-state index in [0.717, 1.165) is 35.6 Å². The lowest BCUT2D eigenvalue weighted by Gasteiger charge is -2.32. The van der Waals surface area contributed by atoms with Crippen LogP contribution in [-0.4, -0.2) is 4.57 Å². The maximum absolute atomic E-state index is 2.59. The molecule has 0 radical (unpaired) electrons. The van der Waals surface area contributed by atoms with Crippen molar-refractivity contribution in [1.82, 2.24) is 4.57 Å². The first-order valence-electron chi connectivity index (χ1n) is 28.6. The SMILES string of the molecule is CC.CCCc1ccccc1-c1c(C)cccc1N(c1ccc(C)c(-c2ccccc2C)c1)c1cc2c(c3ccccc13)-c1ccc(N(c3ccc4sc5ccccc5c4c3)c3cccc4c3c3ccccc3n4C)cc1C2(C)C. The first-order valence-corrected chi connectivity index (χ1v) is 29.4. The molecular weight excluding hydrogens is 987 g/mol. The summed E-state index contributed by atoms with van der Waals surface area (Å²) in [5, 5.41) is 7.56. The van der Waals surface area contributed by atoms with E-state index in [1.807, 2.05) is 25.2 Å². The van der Waals surface area contributed by atoms with Gasteiger partial charge in [0.25, 0.3) is 0 Å². The summed E-state index contributed by atoms with van der Waals surface area (Å²) < 4.78 is 4.95. The zero-order valence-corrected chi connectivity index (χ0v) is 48.3. The van der Waals surface area contributed by atoms with Crippen molar-refractivity contribution in [3.63, 3.8) is 0 Å². The smallest absolute Gasteiger partial charge is 0.0561 e. The third-order valence-corrected chi connectivity index (χ3v) is 18.3. The maximum atomic E-state index is 2.59. The Balaban J connectivity index is 0.00000299. The quantitative estimate of drug-likeness (QED) is 0.135. The van der Waals surface area contributed by atoms with Gasteiger partial charge in [0.2, 0.25) is 0 Å². The van der Waals surface area contributed by atoms with Gasteiger partial charge in [-0.15, -0.1) is 11.3 Å². The van der Waals surface area contributed by atoms with Crippen LogP contribution in [-0.2, 0) is 18.9 Å². The van der Waals surface area contributed by atoms with Crippen molar-refractivity contribution >= 4 is 98.2 Å². The van der Waals surface area contributed by atoms with E-state index in [9.17, 15) is 0 Å². The highest BCUT2D eigenvalue weighted by atomic mass is 32.1. The van der Waals surface area contributed by atoms with Crippen LogP contribution in [0.15, 0.2) is 218 Å². The number of hydrogen-bond donors (Lipinski definition) is 0. The van der Waals surface area contributed by atoms with Gasteiger partial charge in [0, 0.05) is 76.9 Å². The Labute approximate surface area is 475 Å². The normalized spacial score (nSPS) is 12.5. The first-order chi connectivity index (χ1) is 39.1. The Morgan fingerprint density at radius 3 is 1.82 bits per heavy atom. The summed E-state index contributed by atoms with van der Waals surface area (Å²) in [6, 6.07) is 82.5. The lowest BCUT2D eigenvalue weighted by Crippen LogP contribution is -2.18. The largest absolute Gasteiger partial charge is 0.344 e. The molecule has 0 N–H and O–H groups in total.